The molecule has 0 radical (unpaired) electrons. The minimum atomic E-state index is -9.67. The second-order valence-electron chi connectivity index (χ2n) is 8.65. The Morgan fingerprint density at radius 1 is 0.568 bits per heavy atom. The van der Waals surface area contributed by atoms with Crippen LogP contribution in [0.3, 0.4) is 0 Å². The van der Waals surface area contributed by atoms with E-state index in [0.29, 0.717) is 6.92 Å². The van der Waals surface area contributed by atoms with Gasteiger partial charge in [0.15, 0.2) is 0 Å². The highest BCUT2D eigenvalue weighted by molar-refractivity contribution is 5.83. The van der Waals surface area contributed by atoms with Gasteiger partial charge in [-0.05, 0) is 18.9 Å². The van der Waals surface area contributed by atoms with Crippen molar-refractivity contribution >= 4 is 5.97 Å². The number of aliphatic carboxylic acids is 1. The Bertz CT molecular complexity index is 1080. The molecule has 44 heavy (non-hydrogen) atoms. The summed E-state index contributed by atoms with van der Waals surface area (Å²) in [6.45, 7) is 0.553. The smallest absolute Gasteiger partial charge is 0.457 e. The van der Waals surface area contributed by atoms with E-state index >= 15 is 0 Å². The van der Waals surface area contributed by atoms with Gasteiger partial charge in [0.25, 0.3) is 0 Å². The van der Waals surface area contributed by atoms with E-state index < -0.39 is 95.9 Å². The maximum atomic E-state index is 13.9. The molecule has 262 valence electrons. The first-order chi connectivity index (χ1) is 18.7. The Morgan fingerprint density at radius 3 is 1.18 bits per heavy atom. The first kappa shape index (κ1) is 41.6. The molecule has 0 aromatic rings. The first-order valence-electron chi connectivity index (χ1n) is 10.1. The van der Waals surface area contributed by atoms with Crippen molar-refractivity contribution in [1.82, 2.24) is 0 Å². The summed E-state index contributed by atoms with van der Waals surface area (Å²) in [6.07, 6.45) is -25.4. The number of aliphatic hydroxyl groups excluding tert-OH is 1. The highest BCUT2D eigenvalue weighted by atomic mass is 19.4. The largest absolute Gasteiger partial charge is 0.545 e. The summed E-state index contributed by atoms with van der Waals surface area (Å²) in [5.41, 5.74) is -10.5. The quantitative estimate of drug-likeness (QED) is 0.170. The predicted molar refractivity (Wildman–Crippen MR) is 89.5 cm³/mol. The number of aliphatic hydroxyl groups is 1. The van der Waals surface area contributed by atoms with Crippen molar-refractivity contribution in [3.8, 4) is 0 Å². The van der Waals surface area contributed by atoms with Crippen molar-refractivity contribution in [3.63, 3.8) is 0 Å². The summed E-state index contributed by atoms with van der Waals surface area (Å²) < 4.78 is 309. The standard InChI is InChI=1S/C18H11F23O3/c1-5(7(43)44)2-3-6(42)4-8(19,20)10(22,23)13(28,29)15(32,33)16(34,35)14(30,31)11(24,25)9(21,17(36,37)38)12(26,27)18(39,40)41/h2,6,42H,3-4H2,1H3,(H,43,44)/p-1. The van der Waals surface area contributed by atoms with Crippen LogP contribution in [0.15, 0.2) is 11.6 Å². The van der Waals surface area contributed by atoms with Crippen LogP contribution in [-0.4, -0.2) is 82.6 Å². The molecule has 0 fully saturated rings. The first-order valence-corrected chi connectivity index (χ1v) is 10.1. The zero-order chi connectivity index (χ0) is 36.4. The van der Waals surface area contributed by atoms with Gasteiger partial charge >= 0.3 is 65.4 Å². The van der Waals surface area contributed by atoms with Crippen molar-refractivity contribution in [2.45, 2.75) is 91.3 Å². The number of carboxylic acids is 1. The second-order valence-corrected chi connectivity index (χ2v) is 8.65. The van der Waals surface area contributed by atoms with Gasteiger partial charge in [0.2, 0.25) is 0 Å². The molecule has 0 rings (SSSR count). The van der Waals surface area contributed by atoms with E-state index in [0.717, 1.165) is 0 Å². The van der Waals surface area contributed by atoms with E-state index in [4.69, 9.17) is 5.11 Å². The highest BCUT2D eigenvalue weighted by Crippen LogP contribution is 2.68. The van der Waals surface area contributed by atoms with E-state index in [9.17, 15) is 111 Å². The zero-order valence-corrected chi connectivity index (χ0v) is 20.0. The number of hydrogen-bond acceptors (Lipinski definition) is 3. The molecule has 0 aromatic heterocycles. The summed E-state index contributed by atoms with van der Waals surface area (Å²) in [4.78, 5) is 10.4. The molecule has 3 nitrogen and oxygen atoms in total. The third-order valence-corrected chi connectivity index (χ3v) is 5.55. The normalized spacial score (nSPS) is 18.2. The molecule has 0 aliphatic rings. The molecule has 1 N–H and O–H groups in total. The summed E-state index contributed by atoms with van der Waals surface area (Å²) >= 11 is 0. The van der Waals surface area contributed by atoms with E-state index in [1.54, 1.807) is 0 Å². The zero-order valence-electron chi connectivity index (χ0n) is 20.0. The van der Waals surface area contributed by atoms with Gasteiger partial charge in [-0.25, -0.2) is 4.39 Å². The third kappa shape index (κ3) is 5.70. The van der Waals surface area contributed by atoms with Crippen molar-refractivity contribution in [2.75, 3.05) is 0 Å². The highest BCUT2D eigenvalue weighted by Gasteiger charge is 3.00. The molecule has 0 saturated carbocycles. The summed E-state index contributed by atoms with van der Waals surface area (Å²) in [7, 11) is 0. The fourth-order valence-electron chi connectivity index (χ4n) is 2.89. The number of hydrogen-bond donors (Lipinski definition) is 1. The molecular formula is C18H10F23O3-. The van der Waals surface area contributed by atoms with Gasteiger partial charge in [-0.15, -0.1) is 0 Å². The van der Waals surface area contributed by atoms with Crippen LogP contribution in [0.5, 0.6) is 0 Å². The van der Waals surface area contributed by atoms with Crippen molar-refractivity contribution in [3.05, 3.63) is 11.6 Å². The average Bonchev–Trinajstić information content (AvgIpc) is 2.78. The average molecular weight is 711 g/mol. The molecule has 0 bridgehead atoms. The lowest BCUT2D eigenvalue weighted by atomic mass is 9.80. The van der Waals surface area contributed by atoms with Crippen LogP contribution in [0, 0.1) is 0 Å². The number of rotatable bonds is 13. The van der Waals surface area contributed by atoms with Gasteiger partial charge < -0.3 is 15.0 Å². The van der Waals surface area contributed by atoms with Crippen LogP contribution in [-0.2, 0) is 4.79 Å². The Kier molecular flexibility index (Phi) is 10.5. The third-order valence-electron chi connectivity index (χ3n) is 5.55. The number of carbonyl (C=O) groups excluding carboxylic acids is 1. The minimum absolute atomic E-state index is 0.109. The van der Waals surface area contributed by atoms with E-state index in [2.05, 4.69) is 0 Å². The second kappa shape index (κ2) is 11.1. The maximum Gasteiger partial charge on any atom is 0.457 e. The Hall–Kier alpha value is -2.44. The fourth-order valence-corrected chi connectivity index (χ4v) is 2.89. The van der Waals surface area contributed by atoms with E-state index in [1.807, 2.05) is 0 Å². The van der Waals surface area contributed by atoms with E-state index in [-0.39, 0.29) is 6.08 Å². The Morgan fingerprint density at radius 2 is 0.886 bits per heavy atom. The van der Waals surface area contributed by atoms with Crippen molar-refractivity contribution in [2.24, 2.45) is 0 Å². The van der Waals surface area contributed by atoms with Crippen LogP contribution in [0.4, 0.5) is 101 Å². The SMILES string of the molecule is CC(=CCC(O)CC(F)(F)C(F)(F)C(F)(F)C(F)(F)C(F)(F)C(F)(F)C(F)(F)C(F)(C(F)(F)F)C(F)(F)C(F)(F)F)C(=O)[O-]. The molecule has 0 amide bonds. The van der Waals surface area contributed by atoms with Crippen molar-refractivity contribution < 1.29 is 116 Å². The molecular weight excluding hydrogens is 701 g/mol. The number of carbonyl (C=O) groups is 1. The topological polar surface area (TPSA) is 60.4 Å². The molecule has 0 heterocycles. The molecule has 0 spiro atoms. The summed E-state index contributed by atoms with van der Waals surface area (Å²) in [6, 6.07) is 0. The molecule has 0 aliphatic carbocycles. The lowest BCUT2D eigenvalue weighted by Gasteiger charge is -2.47. The van der Waals surface area contributed by atoms with Gasteiger partial charge in [0.05, 0.1) is 12.1 Å². The van der Waals surface area contributed by atoms with Gasteiger partial charge in [-0.2, -0.15) is 96.6 Å². The van der Waals surface area contributed by atoms with Gasteiger partial charge in [-0.3, -0.25) is 0 Å². The van der Waals surface area contributed by atoms with E-state index in [1.165, 1.54) is 0 Å². The van der Waals surface area contributed by atoms with Crippen LogP contribution < -0.4 is 5.11 Å². The number of carboxylic acid groups (broad SMARTS) is 1. The molecule has 0 saturated heterocycles. The number of alkyl halides is 23. The number of halogens is 23. The maximum absolute atomic E-state index is 13.9. The lowest BCUT2D eigenvalue weighted by Crippen LogP contribution is -2.80. The lowest BCUT2D eigenvalue weighted by molar-refractivity contribution is -0.483. The molecule has 2 atom stereocenters. The van der Waals surface area contributed by atoms with Crippen LogP contribution >= 0.6 is 0 Å². The van der Waals surface area contributed by atoms with Crippen LogP contribution in [0.1, 0.15) is 19.8 Å². The van der Waals surface area contributed by atoms with Crippen LogP contribution in [0.2, 0.25) is 0 Å². The molecule has 2 unspecified atom stereocenters. The molecule has 0 aromatic carbocycles. The summed E-state index contributed by atoms with van der Waals surface area (Å²) in [5, 5.41) is 19.6. The van der Waals surface area contributed by atoms with Crippen molar-refractivity contribution in [1.29, 1.82) is 0 Å². The Labute approximate surface area is 226 Å². The van der Waals surface area contributed by atoms with Gasteiger partial charge in [0.1, 0.15) is 0 Å². The Balaban J connectivity index is 7.21. The molecule has 0 aliphatic heterocycles. The summed E-state index contributed by atoms with van der Waals surface area (Å²) in [5.74, 6) is -73.7. The fraction of sp³-hybridized carbons (Fsp3) is 0.833. The predicted octanol–water partition coefficient (Wildman–Crippen LogP) is 6.74. The van der Waals surface area contributed by atoms with Crippen LogP contribution in [0.25, 0.3) is 0 Å². The minimum Gasteiger partial charge on any atom is -0.545 e. The van der Waals surface area contributed by atoms with Gasteiger partial charge in [0, 0.05) is 6.42 Å². The van der Waals surface area contributed by atoms with Gasteiger partial charge in [-0.1, -0.05) is 6.08 Å². The monoisotopic (exact) mass is 711 g/mol. The molecule has 26 heteroatoms.